The zero-order valence-electron chi connectivity index (χ0n) is 10.7. The van der Waals surface area contributed by atoms with Crippen molar-refractivity contribution >= 4 is 28.8 Å². The number of hydrogen-bond acceptors (Lipinski definition) is 5. The molecule has 0 bridgehead atoms. The number of hydrogen-bond donors (Lipinski definition) is 3. The van der Waals surface area contributed by atoms with Gasteiger partial charge in [-0.2, -0.15) is 0 Å². The molecule has 0 aliphatic rings. The molecule has 0 aliphatic carbocycles. The number of benzene rings is 1. The van der Waals surface area contributed by atoms with Crippen LogP contribution in [0.2, 0.25) is 5.02 Å². The Balaban J connectivity index is 2.38. The number of nitrogens with two attached hydrogens (primary N) is 2. The molecule has 1 aromatic carbocycles. The molecule has 1 heterocycles. The van der Waals surface area contributed by atoms with Crippen LogP contribution in [0, 0.1) is 24.2 Å². The molecule has 0 unspecified atom stereocenters. The fraction of sp³-hybridized carbons (Fsp3) is 0.0714. The molecular formula is C14H12ClN5. The van der Waals surface area contributed by atoms with Crippen molar-refractivity contribution in [2.45, 2.75) is 6.92 Å². The summed E-state index contributed by atoms with van der Waals surface area (Å²) in [5.74, 6) is 5.74. The Morgan fingerprint density at radius 2 is 2.05 bits per heavy atom. The van der Waals surface area contributed by atoms with Crippen molar-refractivity contribution in [3.05, 3.63) is 46.4 Å². The van der Waals surface area contributed by atoms with E-state index in [1.54, 1.807) is 25.1 Å². The summed E-state index contributed by atoms with van der Waals surface area (Å²) < 4.78 is 0. The fourth-order valence-corrected chi connectivity index (χ4v) is 1.80. The zero-order valence-corrected chi connectivity index (χ0v) is 11.5. The molecule has 20 heavy (non-hydrogen) atoms. The fourth-order valence-electron chi connectivity index (χ4n) is 1.63. The second-order valence-corrected chi connectivity index (χ2v) is 4.49. The minimum Gasteiger partial charge on any atom is -0.399 e. The highest BCUT2D eigenvalue weighted by Crippen LogP contribution is 2.18. The molecule has 5 nitrogen and oxygen atoms in total. The van der Waals surface area contributed by atoms with Crippen molar-refractivity contribution < 1.29 is 0 Å². The first-order valence-corrected chi connectivity index (χ1v) is 6.10. The Bertz CT molecular complexity index is 723. The van der Waals surface area contributed by atoms with Crippen molar-refractivity contribution in [2.75, 3.05) is 11.5 Å². The lowest BCUT2D eigenvalue weighted by Crippen LogP contribution is -2.07. The van der Waals surface area contributed by atoms with Crippen LogP contribution < -0.4 is 11.5 Å². The van der Waals surface area contributed by atoms with Crippen LogP contribution in [0.1, 0.15) is 16.8 Å². The highest BCUT2D eigenvalue weighted by Gasteiger charge is 2.09. The van der Waals surface area contributed by atoms with Gasteiger partial charge in [-0.1, -0.05) is 17.5 Å². The van der Waals surface area contributed by atoms with Crippen LogP contribution in [0.25, 0.3) is 0 Å². The molecule has 100 valence electrons. The maximum atomic E-state index is 7.98. The van der Waals surface area contributed by atoms with E-state index in [-0.39, 0.29) is 11.5 Å². The first-order valence-electron chi connectivity index (χ1n) is 5.72. The maximum absolute atomic E-state index is 7.98. The van der Waals surface area contributed by atoms with E-state index >= 15 is 0 Å². The highest BCUT2D eigenvalue weighted by atomic mass is 35.5. The molecule has 0 saturated carbocycles. The molecule has 6 heteroatoms. The summed E-state index contributed by atoms with van der Waals surface area (Å²) in [7, 11) is 0. The minimum atomic E-state index is 0.0408. The van der Waals surface area contributed by atoms with Gasteiger partial charge in [-0.05, 0) is 31.0 Å². The van der Waals surface area contributed by atoms with E-state index < -0.39 is 0 Å². The minimum absolute atomic E-state index is 0.0408. The molecular weight excluding hydrogens is 274 g/mol. The summed E-state index contributed by atoms with van der Waals surface area (Å²) in [6.45, 7) is 1.75. The van der Waals surface area contributed by atoms with Gasteiger partial charge in [0.05, 0.1) is 16.3 Å². The third-order valence-corrected chi connectivity index (χ3v) is 2.96. The first kappa shape index (κ1) is 13.8. The Morgan fingerprint density at radius 3 is 2.75 bits per heavy atom. The second-order valence-electron chi connectivity index (χ2n) is 4.08. The van der Waals surface area contributed by atoms with Gasteiger partial charge in [0.15, 0.2) is 0 Å². The number of nitrogens with zero attached hydrogens (tertiary/aromatic N) is 2. The molecule has 5 N–H and O–H groups in total. The van der Waals surface area contributed by atoms with Gasteiger partial charge in [0.1, 0.15) is 17.9 Å². The van der Waals surface area contributed by atoms with Crippen molar-refractivity contribution in [1.29, 1.82) is 5.41 Å². The van der Waals surface area contributed by atoms with Gasteiger partial charge in [0.25, 0.3) is 0 Å². The van der Waals surface area contributed by atoms with E-state index in [1.807, 2.05) is 0 Å². The summed E-state index contributed by atoms with van der Waals surface area (Å²) in [6, 6.07) is 5.00. The largest absolute Gasteiger partial charge is 0.399 e. The molecule has 0 aliphatic heterocycles. The average molecular weight is 286 g/mol. The smallest absolute Gasteiger partial charge is 0.137 e. The van der Waals surface area contributed by atoms with Crippen LogP contribution in [0.4, 0.5) is 11.5 Å². The Morgan fingerprint density at radius 1 is 1.30 bits per heavy atom. The standard InChI is InChI=1S/C14H12ClN5/c1-8-13(14(18)20-7-19-8)12(17)5-2-9-6-10(16)3-4-11(9)15/h3-4,6-7,17H,16H2,1H3,(H2,18,19,20). The van der Waals surface area contributed by atoms with E-state index in [9.17, 15) is 0 Å². The van der Waals surface area contributed by atoms with Crippen LogP contribution in [0.5, 0.6) is 0 Å². The van der Waals surface area contributed by atoms with Crippen molar-refractivity contribution in [2.24, 2.45) is 0 Å². The van der Waals surface area contributed by atoms with Gasteiger partial charge < -0.3 is 11.5 Å². The van der Waals surface area contributed by atoms with Gasteiger partial charge in [-0.15, -0.1) is 0 Å². The van der Waals surface area contributed by atoms with Crippen LogP contribution in [-0.2, 0) is 0 Å². The molecule has 1 aromatic heterocycles. The van der Waals surface area contributed by atoms with Crippen molar-refractivity contribution in [1.82, 2.24) is 9.97 Å². The summed E-state index contributed by atoms with van der Waals surface area (Å²) in [4.78, 5) is 7.86. The molecule has 2 aromatic rings. The van der Waals surface area contributed by atoms with Gasteiger partial charge >= 0.3 is 0 Å². The Kier molecular flexibility index (Phi) is 3.87. The predicted molar refractivity (Wildman–Crippen MR) is 80.8 cm³/mol. The maximum Gasteiger partial charge on any atom is 0.137 e. The normalized spacial score (nSPS) is 9.70. The molecule has 0 saturated heterocycles. The highest BCUT2D eigenvalue weighted by molar-refractivity contribution is 6.32. The van der Waals surface area contributed by atoms with Gasteiger partial charge in [0.2, 0.25) is 0 Å². The number of halogens is 1. The van der Waals surface area contributed by atoms with Crippen LogP contribution in [0.3, 0.4) is 0 Å². The summed E-state index contributed by atoms with van der Waals surface area (Å²) in [5.41, 5.74) is 13.6. The van der Waals surface area contributed by atoms with E-state index in [4.69, 9.17) is 28.5 Å². The molecule has 0 atom stereocenters. The molecule has 0 radical (unpaired) electrons. The number of anilines is 2. The number of rotatable bonds is 1. The van der Waals surface area contributed by atoms with Gasteiger partial charge in [-0.25, -0.2) is 9.97 Å². The van der Waals surface area contributed by atoms with Crippen LogP contribution in [-0.4, -0.2) is 15.7 Å². The topological polar surface area (TPSA) is 102 Å². The summed E-state index contributed by atoms with van der Waals surface area (Å²) >= 11 is 6.01. The lowest BCUT2D eigenvalue weighted by Gasteiger charge is -2.04. The van der Waals surface area contributed by atoms with E-state index in [0.29, 0.717) is 27.5 Å². The van der Waals surface area contributed by atoms with Crippen molar-refractivity contribution in [3.63, 3.8) is 0 Å². The molecule has 0 fully saturated rings. The summed E-state index contributed by atoms with van der Waals surface area (Å²) in [6.07, 6.45) is 1.35. The first-order chi connectivity index (χ1) is 9.49. The molecule has 2 rings (SSSR count). The van der Waals surface area contributed by atoms with Crippen LogP contribution in [0.15, 0.2) is 24.5 Å². The number of nitrogens with one attached hydrogen (secondary N) is 1. The summed E-state index contributed by atoms with van der Waals surface area (Å²) in [5, 5.41) is 8.46. The Hall–Kier alpha value is -2.58. The zero-order chi connectivity index (χ0) is 14.7. The lowest BCUT2D eigenvalue weighted by atomic mass is 10.1. The number of aryl methyl sites for hydroxylation is 1. The Labute approximate surface area is 121 Å². The van der Waals surface area contributed by atoms with Gasteiger partial charge in [0, 0.05) is 11.3 Å². The van der Waals surface area contributed by atoms with Crippen molar-refractivity contribution in [3.8, 4) is 11.8 Å². The third kappa shape index (κ3) is 2.87. The average Bonchev–Trinajstić information content (AvgIpc) is 2.39. The predicted octanol–water partition coefficient (Wildman–Crippen LogP) is 2.02. The third-order valence-electron chi connectivity index (χ3n) is 2.63. The SMILES string of the molecule is Cc1ncnc(N)c1C(=N)C#Cc1cc(N)ccc1Cl. The van der Waals surface area contributed by atoms with E-state index in [2.05, 4.69) is 21.8 Å². The second kappa shape index (κ2) is 5.59. The van der Waals surface area contributed by atoms with E-state index in [1.165, 1.54) is 6.33 Å². The van der Waals surface area contributed by atoms with E-state index in [0.717, 1.165) is 0 Å². The number of aromatic nitrogens is 2. The van der Waals surface area contributed by atoms with Gasteiger partial charge in [-0.3, -0.25) is 5.41 Å². The van der Waals surface area contributed by atoms with Crippen LogP contribution >= 0.6 is 11.6 Å². The monoisotopic (exact) mass is 285 g/mol. The quantitative estimate of drug-likeness (QED) is 0.424. The molecule has 0 spiro atoms. The molecule has 0 amide bonds. The lowest BCUT2D eigenvalue weighted by molar-refractivity contribution is 1.10. The number of nitrogen functional groups attached to an aromatic ring is 2.